The minimum atomic E-state index is -0.132. The van der Waals surface area contributed by atoms with Gasteiger partial charge in [-0.1, -0.05) is 27.7 Å². The van der Waals surface area contributed by atoms with Crippen molar-refractivity contribution in [1.29, 1.82) is 0 Å². The second-order valence-electron chi connectivity index (χ2n) is 5.28. The van der Waals surface area contributed by atoms with Crippen LogP contribution in [0.1, 0.15) is 50.2 Å². The van der Waals surface area contributed by atoms with E-state index in [-0.39, 0.29) is 11.3 Å². The van der Waals surface area contributed by atoms with Gasteiger partial charge in [0.05, 0.1) is 0 Å². The highest BCUT2D eigenvalue weighted by molar-refractivity contribution is 5.95. The first-order valence-corrected chi connectivity index (χ1v) is 6.16. The number of hydrogen-bond donors (Lipinski definition) is 3. The van der Waals surface area contributed by atoms with Crippen LogP contribution in [-0.2, 0) is 5.41 Å². The molecule has 0 radical (unpaired) electrons. The van der Waals surface area contributed by atoms with Gasteiger partial charge in [0.2, 0.25) is 0 Å². The number of pyridine rings is 1. The van der Waals surface area contributed by atoms with Crippen molar-refractivity contribution >= 4 is 11.7 Å². The number of rotatable bonds is 4. The molecule has 0 fully saturated rings. The van der Waals surface area contributed by atoms with Gasteiger partial charge in [0.15, 0.2) is 0 Å². The average Bonchev–Trinajstić information content (AvgIpc) is 2.34. The maximum atomic E-state index is 11.9. The molecule has 0 aromatic carbocycles. The van der Waals surface area contributed by atoms with Crippen molar-refractivity contribution in [2.45, 2.75) is 39.5 Å². The first-order valence-electron chi connectivity index (χ1n) is 6.16. The van der Waals surface area contributed by atoms with Crippen LogP contribution in [0.15, 0.2) is 12.1 Å². The fourth-order valence-corrected chi connectivity index (χ4v) is 1.46. The Hall–Kier alpha value is -1.62. The standard InChI is InChI=1S/C13H22N4O/c1-5-6-15-12(18)9-7-10(13(2,3)4)16-11(8-9)17-14/h7-8H,5-6,14H2,1-4H3,(H,15,18)(H,16,17). The molecule has 0 aliphatic rings. The lowest BCUT2D eigenvalue weighted by Crippen LogP contribution is -2.26. The highest BCUT2D eigenvalue weighted by Crippen LogP contribution is 2.23. The summed E-state index contributed by atoms with van der Waals surface area (Å²) >= 11 is 0. The Kier molecular flexibility index (Phi) is 4.67. The van der Waals surface area contributed by atoms with Gasteiger partial charge in [-0.05, 0) is 18.6 Å². The molecule has 1 amide bonds. The zero-order valence-electron chi connectivity index (χ0n) is 11.5. The smallest absolute Gasteiger partial charge is 0.251 e. The number of hydrogen-bond acceptors (Lipinski definition) is 4. The molecule has 0 unspecified atom stereocenters. The van der Waals surface area contributed by atoms with E-state index in [1.807, 2.05) is 33.8 Å². The molecule has 0 atom stereocenters. The Balaban J connectivity index is 3.08. The Morgan fingerprint density at radius 2 is 2.06 bits per heavy atom. The summed E-state index contributed by atoms with van der Waals surface area (Å²) in [7, 11) is 0. The molecule has 0 saturated heterocycles. The number of carbonyl (C=O) groups is 1. The minimum Gasteiger partial charge on any atom is -0.352 e. The van der Waals surface area contributed by atoms with Gasteiger partial charge in [-0.2, -0.15) is 0 Å². The lowest BCUT2D eigenvalue weighted by molar-refractivity contribution is 0.0953. The third-order valence-electron chi connectivity index (χ3n) is 2.54. The Morgan fingerprint density at radius 1 is 1.39 bits per heavy atom. The quantitative estimate of drug-likeness (QED) is 0.562. The van der Waals surface area contributed by atoms with Crippen LogP contribution >= 0.6 is 0 Å². The number of nitrogens with two attached hydrogens (primary N) is 1. The van der Waals surface area contributed by atoms with Gasteiger partial charge in [0, 0.05) is 23.2 Å². The van der Waals surface area contributed by atoms with E-state index in [1.54, 1.807) is 6.07 Å². The van der Waals surface area contributed by atoms with E-state index < -0.39 is 0 Å². The highest BCUT2D eigenvalue weighted by atomic mass is 16.1. The number of anilines is 1. The largest absolute Gasteiger partial charge is 0.352 e. The fourth-order valence-electron chi connectivity index (χ4n) is 1.46. The molecule has 1 heterocycles. The van der Waals surface area contributed by atoms with Crippen molar-refractivity contribution in [3.05, 3.63) is 23.4 Å². The minimum absolute atomic E-state index is 0.0961. The third kappa shape index (κ3) is 3.70. The molecular formula is C13H22N4O. The summed E-state index contributed by atoms with van der Waals surface area (Å²) in [5.74, 6) is 5.79. The topological polar surface area (TPSA) is 80.0 Å². The maximum Gasteiger partial charge on any atom is 0.251 e. The summed E-state index contributed by atoms with van der Waals surface area (Å²) in [6.45, 7) is 8.81. The highest BCUT2D eigenvalue weighted by Gasteiger charge is 2.19. The zero-order valence-corrected chi connectivity index (χ0v) is 11.5. The van der Waals surface area contributed by atoms with Crippen LogP contribution in [0.2, 0.25) is 0 Å². The Labute approximate surface area is 108 Å². The van der Waals surface area contributed by atoms with E-state index in [4.69, 9.17) is 5.84 Å². The molecular weight excluding hydrogens is 228 g/mol. The lowest BCUT2D eigenvalue weighted by Gasteiger charge is -2.19. The predicted molar refractivity (Wildman–Crippen MR) is 73.4 cm³/mol. The van der Waals surface area contributed by atoms with Gasteiger partial charge >= 0.3 is 0 Å². The summed E-state index contributed by atoms with van der Waals surface area (Å²) in [5, 5.41) is 2.84. The van der Waals surface area contributed by atoms with Gasteiger partial charge in [0.1, 0.15) is 5.82 Å². The van der Waals surface area contributed by atoms with Crippen molar-refractivity contribution in [3.8, 4) is 0 Å². The Morgan fingerprint density at radius 3 is 2.56 bits per heavy atom. The van der Waals surface area contributed by atoms with Gasteiger partial charge in [-0.15, -0.1) is 0 Å². The second kappa shape index (κ2) is 5.82. The van der Waals surface area contributed by atoms with Crippen molar-refractivity contribution in [1.82, 2.24) is 10.3 Å². The molecule has 4 N–H and O–H groups in total. The SMILES string of the molecule is CCCNC(=O)c1cc(NN)nc(C(C)(C)C)c1. The molecule has 0 saturated carbocycles. The number of aromatic nitrogens is 1. The summed E-state index contributed by atoms with van der Waals surface area (Å²) in [5.41, 5.74) is 3.78. The Bertz CT molecular complexity index is 423. The van der Waals surface area contributed by atoms with Gasteiger partial charge in [0.25, 0.3) is 5.91 Å². The van der Waals surface area contributed by atoms with Crippen LogP contribution in [0.5, 0.6) is 0 Å². The molecule has 18 heavy (non-hydrogen) atoms. The molecule has 0 aliphatic heterocycles. The molecule has 5 nitrogen and oxygen atoms in total. The molecule has 1 rings (SSSR count). The predicted octanol–water partition coefficient (Wildman–Crippen LogP) is 1.80. The number of nitrogens with one attached hydrogen (secondary N) is 2. The van der Waals surface area contributed by atoms with Crippen LogP contribution in [0.4, 0.5) is 5.82 Å². The molecule has 5 heteroatoms. The van der Waals surface area contributed by atoms with Crippen molar-refractivity contribution in [2.24, 2.45) is 5.84 Å². The number of nitrogens with zero attached hydrogens (tertiary/aromatic N) is 1. The van der Waals surface area contributed by atoms with Crippen molar-refractivity contribution < 1.29 is 4.79 Å². The van der Waals surface area contributed by atoms with Crippen LogP contribution in [0.25, 0.3) is 0 Å². The van der Waals surface area contributed by atoms with Crippen molar-refractivity contribution in [2.75, 3.05) is 12.0 Å². The van der Waals surface area contributed by atoms with E-state index in [1.165, 1.54) is 0 Å². The van der Waals surface area contributed by atoms with Gasteiger partial charge < -0.3 is 10.7 Å². The van der Waals surface area contributed by atoms with Crippen LogP contribution in [0, 0.1) is 0 Å². The maximum absolute atomic E-state index is 11.9. The van der Waals surface area contributed by atoms with E-state index in [0.717, 1.165) is 12.1 Å². The van der Waals surface area contributed by atoms with Gasteiger partial charge in [-0.3, -0.25) is 4.79 Å². The monoisotopic (exact) mass is 250 g/mol. The third-order valence-corrected chi connectivity index (χ3v) is 2.54. The summed E-state index contributed by atoms with van der Waals surface area (Å²) in [6.07, 6.45) is 0.908. The molecule has 0 bridgehead atoms. The first-order chi connectivity index (χ1) is 8.38. The second-order valence-corrected chi connectivity index (χ2v) is 5.28. The molecule has 1 aromatic rings. The summed E-state index contributed by atoms with van der Waals surface area (Å²) < 4.78 is 0. The zero-order chi connectivity index (χ0) is 13.8. The normalized spacial score (nSPS) is 11.2. The number of amides is 1. The van der Waals surface area contributed by atoms with Crippen LogP contribution < -0.4 is 16.6 Å². The number of hydrazine groups is 1. The number of carbonyl (C=O) groups excluding carboxylic acids is 1. The molecule has 0 aliphatic carbocycles. The van der Waals surface area contributed by atoms with Crippen LogP contribution in [0.3, 0.4) is 0 Å². The van der Waals surface area contributed by atoms with E-state index in [2.05, 4.69) is 15.7 Å². The lowest BCUT2D eigenvalue weighted by atomic mass is 9.90. The molecule has 0 spiro atoms. The van der Waals surface area contributed by atoms with E-state index in [0.29, 0.717) is 17.9 Å². The number of nitrogen functional groups attached to an aromatic ring is 1. The van der Waals surface area contributed by atoms with E-state index in [9.17, 15) is 4.79 Å². The average molecular weight is 250 g/mol. The molecule has 100 valence electrons. The van der Waals surface area contributed by atoms with E-state index >= 15 is 0 Å². The van der Waals surface area contributed by atoms with Crippen molar-refractivity contribution in [3.63, 3.8) is 0 Å². The molecule has 1 aromatic heterocycles. The van der Waals surface area contributed by atoms with Gasteiger partial charge in [-0.25, -0.2) is 10.8 Å². The summed E-state index contributed by atoms with van der Waals surface area (Å²) in [4.78, 5) is 16.3. The summed E-state index contributed by atoms with van der Waals surface area (Å²) in [6, 6.07) is 3.46. The first kappa shape index (κ1) is 14.4. The fraction of sp³-hybridized carbons (Fsp3) is 0.538. The van der Waals surface area contributed by atoms with Crippen LogP contribution in [-0.4, -0.2) is 17.4 Å².